The van der Waals surface area contributed by atoms with Crippen molar-refractivity contribution in [2.45, 2.75) is 18.9 Å². The molecule has 2 aromatic carbocycles. The van der Waals surface area contributed by atoms with E-state index in [1.54, 1.807) is 48.8 Å². The minimum Gasteiger partial charge on any atom is -0.369 e. The first-order valence-corrected chi connectivity index (χ1v) is 15.0. The molecular weight excluding hydrogens is 559 g/mol. The minimum absolute atomic E-state index is 0.0392. The highest BCUT2D eigenvalue weighted by molar-refractivity contribution is 6.07. The minimum atomic E-state index is -0.278. The third-order valence-corrected chi connectivity index (χ3v) is 9.01. The van der Waals surface area contributed by atoms with Gasteiger partial charge >= 0.3 is 0 Å². The number of piperidine rings is 1. The van der Waals surface area contributed by atoms with Gasteiger partial charge in [0, 0.05) is 92.7 Å². The van der Waals surface area contributed by atoms with E-state index in [4.69, 9.17) is 0 Å². The molecule has 2 fully saturated rings. The summed E-state index contributed by atoms with van der Waals surface area (Å²) >= 11 is 0. The van der Waals surface area contributed by atoms with E-state index in [2.05, 4.69) is 20.1 Å². The van der Waals surface area contributed by atoms with Crippen LogP contribution >= 0.6 is 0 Å². The maximum Gasteiger partial charge on any atom is 0.255 e. The van der Waals surface area contributed by atoms with Gasteiger partial charge in [0.1, 0.15) is 5.82 Å². The van der Waals surface area contributed by atoms with E-state index < -0.39 is 0 Å². The Morgan fingerprint density at radius 3 is 2.36 bits per heavy atom. The van der Waals surface area contributed by atoms with Crippen molar-refractivity contribution < 1.29 is 14.0 Å². The molecular formula is C34H33FN6O3. The molecule has 2 saturated heterocycles. The van der Waals surface area contributed by atoms with E-state index in [1.807, 2.05) is 33.7 Å². The number of nitrogens with one attached hydrogen (secondary N) is 1. The van der Waals surface area contributed by atoms with Crippen molar-refractivity contribution >= 4 is 28.9 Å². The van der Waals surface area contributed by atoms with Crippen LogP contribution < -0.4 is 20.7 Å². The average Bonchev–Trinajstić information content (AvgIpc) is 3.06. The lowest BCUT2D eigenvalue weighted by atomic mass is 9.83. The van der Waals surface area contributed by atoms with E-state index in [9.17, 15) is 18.8 Å². The number of aromatic nitrogens is 2. The molecule has 5 heterocycles. The summed E-state index contributed by atoms with van der Waals surface area (Å²) in [6.07, 6.45) is 4.16. The molecule has 44 heavy (non-hydrogen) atoms. The summed E-state index contributed by atoms with van der Waals surface area (Å²) in [4.78, 5) is 49.8. The van der Waals surface area contributed by atoms with Crippen molar-refractivity contribution in [3.8, 4) is 0 Å². The Morgan fingerprint density at radius 2 is 1.59 bits per heavy atom. The fourth-order valence-electron chi connectivity index (χ4n) is 6.84. The lowest BCUT2D eigenvalue weighted by Gasteiger charge is -2.44. The molecule has 0 spiro atoms. The number of anilines is 3. The summed E-state index contributed by atoms with van der Waals surface area (Å²) in [5.41, 5.74) is 4.43. The number of fused-ring (bicyclic) bond motifs is 4. The quantitative estimate of drug-likeness (QED) is 0.373. The van der Waals surface area contributed by atoms with Crippen LogP contribution in [0.25, 0.3) is 0 Å². The van der Waals surface area contributed by atoms with Crippen LogP contribution in [0.4, 0.5) is 21.5 Å². The number of carbonyl (C=O) groups excluding carboxylic acids is 2. The number of piperazine rings is 1. The Morgan fingerprint density at radius 1 is 0.818 bits per heavy atom. The normalized spacial score (nSPS) is 19.3. The van der Waals surface area contributed by atoms with Crippen molar-refractivity contribution in [3.63, 3.8) is 0 Å². The summed E-state index contributed by atoms with van der Waals surface area (Å²) in [5.74, 6) is -0.160. The summed E-state index contributed by atoms with van der Waals surface area (Å²) in [6.45, 7) is 4.46. The van der Waals surface area contributed by atoms with Crippen molar-refractivity contribution in [2.24, 2.45) is 5.92 Å². The van der Waals surface area contributed by atoms with Crippen molar-refractivity contribution in [3.05, 3.63) is 118 Å². The fourth-order valence-corrected chi connectivity index (χ4v) is 6.84. The Bertz CT molecular complexity index is 1750. The zero-order valence-electron chi connectivity index (χ0n) is 24.2. The van der Waals surface area contributed by atoms with Crippen LogP contribution in [-0.4, -0.2) is 65.5 Å². The average molecular weight is 593 g/mol. The van der Waals surface area contributed by atoms with Crippen LogP contribution in [0.5, 0.6) is 0 Å². The highest BCUT2D eigenvalue weighted by Crippen LogP contribution is 2.39. The number of nitrogens with zero attached hydrogens (tertiary/aromatic N) is 5. The zero-order chi connectivity index (χ0) is 30.2. The van der Waals surface area contributed by atoms with Crippen molar-refractivity contribution in [1.82, 2.24) is 14.5 Å². The monoisotopic (exact) mass is 592 g/mol. The summed E-state index contributed by atoms with van der Waals surface area (Å²) in [5, 5.41) is 3.08. The maximum atomic E-state index is 13.7. The second-order valence-electron chi connectivity index (χ2n) is 11.8. The molecule has 2 bridgehead atoms. The topological polar surface area (TPSA) is 90.8 Å². The summed E-state index contributed by atoms with van der Waals surface area (Å²) in [7, 11) is 0. The van der Waals surface area contributed by atoms with Gasteiger partial charge in [-0.25, -0.2) is 4.39 Å². The summed E-state index contributed by atoms with van der Waals surface area (Å²) < 4.78 is 15.3. The Kier molecular flexibility index (Phi) is 7.33. The van der Waals surface area contributed by atoms with Crippen LogP contribution in [-0.2, 0) is 6.54 Å². The molecule has 3 aliphatic rings. The Labute approximate surface area is 254 Å². The number of carbonyl (C=O) groups is 2. The molecule has 2 atom stereocenters. The number of halogens is 1. The number of pyridine rings is 2. The number of benzene rings is 2. The molecule has 2 amide bonds. The van der Waals surface area contributed by atoms with Gasteiger partial charge in [0.15, 0.2) is 0 Å². The first-order valence-electron chi connectivity index (χ1n) is 15.0. The van der Waals surface area contributed by atoms with Crippen molar-refractivity contribution in [2.75, 3.05) is 54.4 Å². The predicted molar refractivity (Wildman–Crippen MR) is 167 cm³/mol. The van der Waals surface area contributed by atoms with Crippen LogP contribution in [0.1, 0.15) is 38.7 Å². The second-order valence-corrected chi connectivity index (χ2v) is 11.8. The lowest BCUT2D eigenvalue weighted by molar-refractivity contribution is 0.0746. The number of amides is 2. The molecule has 9 nitrogen and oxygen atoms in total. The molecule has 0 aliphatic carbocycles. The van der Waals surface area contributed by atoms with Crippen LogP contribution in [0.15, 0.2) is 90.0 Å². The first kappa shape index (κ1) is 27.8. The smallest absolute Gasteiger partial charge is 0.255 e. The fraction of sp³-hybridized carbons (Fsp3) is 0.294. The molecule has 0 unspecified atom stereocenters. The van der Waals surface area contributed by atoms with E-state index >= 15 is 0 Å². The highest BCUT2D eigenvalue weighted by atomic mass is 19.1. The molecule has 0 saturated carbocycles. The van der Waals surface area contributed by atoms with E-state index in [-0.39, 0.29) is 29.1 Å². The van der Waals surface area contributed by atoms with E-state index in [1.165, 1.54) is 12.1 Å². The molecule has 2 aromatic heterocycles. The van der Waals surface area contributed by atoms with E-state index in [0.29, 0.717) is 62.0 Å². The highest BCUT2D eigenvalue weighted by Gasteiger charge is 2.35. The standard InChI is InChI=1S/C34H33FN6O3/c35-27-5-7-28(8-6-27)38-14-16-39(17-15-38)34(44)25-4-9-31(29(19-25)37-33(43)24-10-12-36-13-11-24)40-20-23-18-26(22-40)30-2-1-3-32(42)41(30)21-23/h1-13,19,23,26H,14-18,20-22H2,(H,37,43)/t23-,26+/m1/s1. The summed E-state index contributed by atoms with van der Waals surface area (Å²) in [6, 6.07) is 20.8. The molecule has 224 valence electrons. The van der Waals surface area contributed by atoms with Gasteiger partial charge in [-0.1, -0.05) is 6.07 Å². The lowest BCUT2D eigenvalue weighted by Crippen LogP contribution is -2.49. The third kappa shape index (κ3) is 5.43. The molecule has 7 rings (SSSR count). The van der Waals surface area contributed by atoms with Crippen LogP contribution in [0.3, 0.4) is 0 Å². The number of rotatable bonds is 5. The van der Waals surface area contributed by atoms with Gasteiger partial charge in [-0.15, -0.1) is 0 Å². The number of hydrogen-bond acceptors (Lipinski definition) is 6. The van der Waals surface area contributed by atoms with Gasteiger partial charge < -0.3 is 24.6 Å². The SMILES string of the molecule is O=C(Nc1cc(C(=O)N2CCN(c3ccc(F)cc3)CC2)ccc1N1C[C@H]2C[C@@H](C1)c1cccc(=O)n1C2)c1ccncc1. The van der Waals surface area contributed by atoms with Crippen LogP contribution in [0, 0.1) is 11.7 Å². The Hall–Kier alpha value is -4.99. The predicted octanol–water partition coefficient (Wildman–Crippen LogP) is 4.22. The van der Waals surface area contributed by atoms with Crippen molar-refractivity contribution in [1.29, 1.82) is 0 Å². The van der Waals surface area contributed by atoms with Gasteiger partial charge in [0.25, 0.3) is 17.4 Å². The van der Waals surface area contributed by atoms with Gasteiger partial charge in [0.05, 0.1) is 11.4 Å². The molecule has 10 heteroatoms. The zero-order valence-corrected chi connectivity index (χ0v) is 24.2. The number of hydrogen-bond donors (Lipinski definition) is 1. The largest absolute Gasteiger partial charge is 0.369 e. The third-order valence-electron chi connectivity index (χ3n) is 9.01. The molecule has 0 radical (unpaired) electrons. The molecule has 4 aromatic rings. The van der Waals surface area contributed by atoms with Gasteiger partial charge in [0.2, 0.25) is 0 Å². The van der Waals surface area contributed by atoms with Gasteiger partial charge in [-0.3, -0.25) is 19.4 Å². The molecule has 3 aliphatic heterocycles. The second kappa shape index (κ2) is 11.6. The van der Waals surface area contributed by atoms with Crippen LogP contribution in [0.2, 0.25) is 0 Å². The van der Waals surface area contributed by atoms with Gasteiger partial charge in [-0.05, 0) is 73.0 Å². The Balaban J connectivity index is 1.14. The first-order chi connectivity index (χ1) is 21.4. The van der Waals surface area contributed by atoms with E-state index in [0.717, 1.165) is 30.0 Å². The molecule has 1 N–H and O–H groups in total. The maximum absolute atomic E-state index is 13.7. The van der Waals surface area contributed by atoms with Gasteiger partial charge in [-0.2, -0.15) is 0 Å².